The fraction of sp³-hybridized carbons (Fsp3) is 0.0789. The van der Waals surface area contributed by atoms with Crippen LogP contribution in [-0.2, 0) is 9.59 Å². The Balaban J connectivity index is 1.38. The molecular weight excluding hydrogens is 629 g/mol. The monoisotopic (exact) mass is 661 g/mol. The van der Waals surface area contributed by atoms with Crippen LogP contribution in [0, 0.1) is 5.82 Å². The third-order valence-corrected chi connectivity index (χ3v) is 8.26. The first-order valence-electron chi connectivity index (χ1n) is 14.8. The smallest absolute Gasteiger partial charge is 0.272 e. The number of ether oxygens (including phenoxy) is 2. The van der Waals surface area contributed by atoms with Gasteiger partial charge < -0.3 is 25.4 Å². The van der Waals surface area contributed by atoms with Crippen molar-refractivity contribution in [2.45, 2.75) is 10.1 Å². The van der Waals surface area contributed by atoms with Crippen LogP contribution in [0.15, 0.2) is 138 Å². The van der Waals surface area contributed by atoms with Crippen molar-refractivity contribution in [3.8, 4) is 11.5 Å². The quantitative estimate of drug-likeness (QED) is 0.0934. The molecule has 48 heavy (non-hydrogen) atoms. The molecule has 0 bridgehead atoms. The minimum atomic E-state index is -0.659. The molecule has 5 aromatic rings. The standard InChI is InChI=1S/C38H32FN3O5S/c1-46-31-21-30(22-32(24-31)47-2)41-38(45)35(26-10-5-3-6-11-26)48-33-15-9-14-29(23-33)40-37(44)34(20-25-16-18-28(39)19-17-25)42-36(43)27-12-7-4-8-13-27/h3-24,35H,1-2H3,(H,40,44)(H,41,45)(H,42,43)/b34-20-. The zero-order valence-electron chi connectivity index (χ0n) is 26.1. The molecule has 0 saturated carbocycles. The molecule has 10 heteroatoms. The van der Waals surface area contributed by atoms with Gasteiger partial charge in [0.2, 0.25) is 5.91 Å². The van der Waals surface area contributed by atoms with Crippen LogP contribution in [0.2, 0.25) is 0 Å². The molecule has 1 unspecified atom stereocenters. The number of hydrogen-bond acceptors (Lipinski definition) is 6. The molecule has 0 radical (unpaired) electrons. The van der Waals surface area contributed by atoms with E-state index in [9.17, 15) is 18.8 Å². The summed E-state index contributed by atoms with van der Waals surface area (Å²) in [5, 5.41) is 7.83. The summed E-state index contributed by atoms with van der Waals surface area (Å²) in [4.78, 5) is 41.0. The van der Waals surface area contributed by atoms with Crippen LogP contribution >= 0.6 is 11.8 Å². The molecule has 0 aliphatic rings. The fourth-order valence-corrected chi connectivity index (χ4v) is 5.72. The van der Waals surface area contributed by atoms with Gasteiger partial charge in [0, 0.05) is 40.0 Å². The van der Waals surface area contributed by atoms with Crippen molar-refractivity contribution in [1.82, 2.24) is 5.32 Å². The lowest BCUT2D eigenvalue weighted by Crippen LogP contribution is -2.30. The first-order valence-corrected chi connectivity index (χ1v) is 15.7. The number of rotatable bonds is 12. The molecule has 0 fully saturated rings. The highest BCUT2D eigenvalue weighted by atomic mass is 32.2. The minimum Gasteiger partial charge on any atom is -0.497 e. The van der Waals surface area contributed by atoms with E-state index in [2.05, 4.69) is 16.0 Å². The van der Waals surface area contributed by atoms with Crippen LogP contribution < -0.4 is 25.4 Å². The number of thioether (sulfide) groups is 1. The number of benzene rings is 5. The Bertz CT molecular complexity index is 1900. The van der Waals surface area contributed by atoms with Gasteiger partial charge in [-0.25, -0.2) is 4.39 Å². The second-order valence-electron chi connectivity index (χ2n) is 10.4. The number of carbonyl (C=O) groups excluding carboxylic acids is 3. The number of amides is 3. The van der Waals surface area contributed by atoms with Gasteiger partial charge in [0.25, 0.3) is 11.8 Å². The van der Waals surface area contributed by atoms with E-state index in [0.29, 0.717) is 38.9 Å². The fourth-order valence-electron chi connectivity index (χ4n) is 4.64. The number of halogens is 1. The first kappa shape index (κ1) is 33.5. The zero-order chi connectivity index (χ0) is 33.9. The number of hydrogen-bond donors (Lipinski definition) is 3. The van der Waals surface area contributed by atoms with Gasteiger partial charge >= 0.3 is 0 Å². The van der Waals surface area contributed by atoms with Crippen molar-refractivity contribution in [2.24, 2.45) is 0 Å². The molecule has 0 aliphatic heterocycles. The van der Waals surface area contributed by atoms with E-state index in [4.69, 9.17) is 9.47 Å². The third-order valence-electron chi connectivity index (χ3n) is 7.02. The molecule has 8 nitrogen and oxygen atoms in total. The molecule has 0 saturated heterocycles. The Labute approximate surface area is 282 Å². The summed E-state index contributed by atoms with van der Waals surface area (Å²) in [6, 6.07) is 35.6. The Hall–Kier alpha value is -5.87. The van der Waals surface area contributed by atoms with Crippen molar-refractivity contribution >= 4 is 46.9 Å². The number of nitrogens with one attached hydrogen (secondary N) is 3. The lowest BCUT2D eigenvalue weighted by atomic mass is 10.1. The van der Waals surface area contributed by atoms with Crippen LogP contribution in [0.3, 0.4) is 0 Å². The van der Waals surface area contributed by atoms with E-state index in [1.807, 2.05) is 36.4 Å². The second-order valence-corrected chi connectivity index (χ2v) is 11.6. The normalized spacial score (nSPS) is 11.6. The number of anilines is 2. The van der Waals surface area contributed by atoms with Gasteiger partial charge in [-0.3, -0.25) is 14.4 Å². The highest BCUT2D eigenvalue weighted by molar-refractivity contribution is 8.00. The Kier molecular flexibility index (Phi) is 11.2. The summed E-state index contributed by atoms with van der Waals surface area (Å²) in [7, 11) is 3.07. The van der Waals surface area contributed by atoms with E-state index in [1.165, 1.54) is 56.3 Å². The predicted molar refractivity (Wildman–Crippen MR) is 187 cm³/mol. The molecule has 0 aromatic heterocycles. The summed E-state index contributed by atoms with van der Waals surface area (Å²) in [5.41, 5.74) is 2.57. The van der Waals surface area contributed by atoms with E-state index in [0.717, 1.165) is 5.56 Å². The molecule has 0 spiro atoms. The third kappa shape index (κ3) is 9.11. The van der Waals surface area contributed by atoms with Crippen LogP contribution in [0.4, 0.5) is 15.8 Å². The van der Waals surface area contributed by atoms with Crippen LogP contribution in [0.5, 0.6) is 11.5 Å². The molecule has 5 rings (SSSR count). The van der Waals surface area contributed by atoms with Crippen molar-refractivity contribution in [3.05, 3.63) is 156 Å². The molecule has 1 atom stereocenters. The Morgan fingerprint density at radius 1 is 0.708 bits per heavy atom. The van der Waals surface area contributed by atoms with Crippen molar-refractivity contribution in [1.29, 1.82) is 0 Å². The van der Waals surface area contributed by atoms with Gasteiger partial charge in [0.05, 0.1) is 14.2 Å². The molecule has 3 N–H and O–H groups in total. The number of carbonyl (C=O) groups is 3. The summed E-state index contributed by atoms with van der Waals surface area (Å²) < 4.78 is 24.3. The molecule has 3 amide bonds. The van der Waals surface area contributed by atoms with E-state index < -0.39 is 22.9 Å². The second kappa shape index (κ2) is 16.1. The maximum atomic E-state index is 13.7. The highest BCUT2D eigenvalue weighted by Gasteiger charge is 2.23. The van der Waals surface area contributed by atoms with Gasteiger partial charge in [-0.05, 0) is 59.7 Å². The van der Waals surface area contributed by atoms with E-state index in [1.54, 1.807) is 66.7 Å². The Morgan fingerprint density at radius 2 is 1.35 bits per heavy atom. The van der Waals surface area contributed by atoms with Gasteiger partial charge in [-0.15, -0.1) is 11.8 Å². The predicted octanol–water partition coefficient (Wildman–Crippen LogP) is 7.72. The molecule has 0 heterocycles. The SMILES string of the molecule is COc1cc(NC(=O)C(Sc2cccc(NC(=O)/C(=C/c3ccc(F)cc3)NC(=O)c3ccccc3)c2)c2ccccc2)cc(OC)c1. The molecular formula is C38H32FN3O5S. The van der Waals surface area contributed by atoms with Crippen molar-refractivity contribution in [3.63, 3.8) is 0 Å². The van der Waals surface area contributed by atoms with E-state index in [-0.39, 0.29) is 11.6 Å². The van der Waals surface area contributed by atoms with E-state index >= 15 is 0 Å². The highest BCUT2D eigenvalue weighted by Crippen LogP contribution is 2.38. The van der Waals surface area contributed by atoms with Gasteiger partial charge in [0.1, 0.15) is 28.3 Å². The molecule has 5 aromatic carbocycles. The maximum absolute atomic E-state index is 13.7. The summed E-state index contributed by atoms with van der Waals surface area (Å²) >= 11 is 1.30. The summed E-state index contributed by atoms with van der Waals surface area (Å²) in [5.74, 6) is -0.700. The van der Waals surface area contributed by atoms with Gasteiger partial charge in [-0.1, -0.05) is 66.7 Å². The van der Waals surface area contributed by atoms with Gasteiger partial charge in [-0.2, -0.15) is 0 Å². The summed E-state index contributed by atoms with van der Waals surface area (Å²) in [6.07, 6.45) is 1.47. The van der Waals surface area contributed by atoms with Crippen molar-refractivity contribution < 1.29 is 28.2 Å². The molecule has 242 valence electrons. The van der Waals surface area contributed by atoms with Gasteiger partial charge in [0.15, 0.2) is 0 Å². The lowest BCUT2D eigenvalue weighted by Gasteiger charge is -2.18. The Morgan fingerprint density at radius 3 is 2.00 bits per heavy atom. The minimum absolute atomic E-state index is 0.0382. The van der Waals surface area contributed by atoms with Crippen LogP contribution in [-0.4, -0.2) is 31.9 Å². The average Bonchev–Trinajstić information content (AvgIpc) is 3.11. The zero-order valence-corrected chi connectivity index (χ0v) is 26.9. The molecule has 0 aliphatic carbocycles. The van der Waals surface area contributed by atoms with Crippen LogP contribution in [0.1, 0.15) is 26.7 Å². The van der Waals surface area contributed by atoms with Crippen LogP contribution in [0.25, 0.3) is 6.08 Å². The number of methoxy groups -OCH3 is 2. The lowest BCUT2D eigenvalue weighted by molar-refractivity contribution is -0.116. The van der Waals surface area contributed by atoms with Crippen molar-refractivity contribution in [2.75, 3.05) is 24.9 Å². The topological polar surface area (TPSA) is 106 Å². The first-order chi connectivity index (χ1) is 23.3. The maximum Gasteiger partial charge on any atom is 0.272 e. The summed E-state index contributed by atoms with van der Waals surface area (Å²) in [6.45, 7) is 0. The average molecular weight is 662 g/mol. The largest absolute Gasteiger partial charge is 0.497 e.